The summed E-state index contributed by atoms with van der Waals surface area (Å²) >= 11 is 11.4. The van der Waals surface area contributed by atoms with Gasteiger partial charge in [-0.2, -0.15) is 0 Å². The summed E-state index contributed by atoms with van der Waals surface area (Å²) in [6.07, 6.45) is 0. The lowest BCUT2D eigenvalue weighted by Crippen LogP contribution is -2.05. The van der Waals surface area contributed by atoms with Crippen LogP contribution in [0.2, 0.25) is 5.02 Å². The van der Waals surface area contributed by atoms with Gasteiger partial charge in [0.1, 0.15) is 0 Å². The predicted octanol–water partition coefficient (Wildman–Crippen LogP) is 5.65. The van der Waals surface area contributed by atoms with Gasteiger partial charge in [-0.25, -0.2) is 0 Å². The van der Waals surface area contributed by atoms with Gasteiger partial charge in [0, 0.05) is 14.2 Å². The first kappa shape index (κ1) is 12.9. The van der Waals surface area contributed by atoms with Crippen LogP contribution in [-0.2, 0) is 0 Å². The first-order valence-corrected chi connectivity index (χ1v) is 7.33. The third-order valence-electron chi connectivity index (χ3n) is 2.49. The molecule has 0 bridgehead atoms. The van der Waals surface area contributed by atoms with E-state index in [1.807, 2.05) is 29.5 Å². The van der Waals surface area contributed by atoms with Crippen LogP contribution < -0.4 is 5.32 Å². The predicted molar refractivity (Wildman–Crippen MR) is 80.2 cm³/mol. The van der Waals surface area contributed by atoms with Crippen molar-refractivity contribution in [2.45, 2.75) is 19.9 Å². The molecule has 0 saturated carbocycles. The lowest BCUT2D eigenvalue weighted by molar-refractivity contribution is 0.908. The summed E-state index contributed by atoms with van der Waals surface area (Å²) in [5.41, 5.74) is 0.966. The Hall–Kier alpha value is -0.510. The van der Waals surface area contributed by atoms with E-state index in [0.717, 1.165) is 15.2 Å². The first-order valence-electron chi connectivity index (χ1n) is 5.34. The number of aryl methyl sites for hydroxylation is 1. The Balaban J connectivity index is 2.15. The fourth-order valence-electron chi connectivity index (χ4n) is 1.60. The van der Waals surface area contributed by atoms with Crippen molar-refractivity contribution in [1.29, 1.82) is 0 Å². The number of rotatable bonds is 3. The highest BCUT2D eigenvalue weighted by Crippen LogP contribution is 2.30. The highest BCUT2D eigenvalue weighted by molar-refractivity contribution is 9.10. The van der Waals surface area contributed by atoms with Crippen LogP contribution in [0.15, 0.2) is 34.8 Å². The van der Waals surface area contributed by atoms with E-state index in [0.29, 0.717) is 0 Å². The van der Waals surface area contributed by atoms with Crippen molar-refractivity contribution in [3.63, 3.8) is 0 Å². The minimum atomic E-state index is 0.271. The number of hydrogen-bond donors (Lipinski definition) is 1. The number of hydrogen-bond acceptors (Lipinski definition) is 2. The Morgan fingerprint density at radius 1 is 1.29 bits per heavy atom. The van der Waals surface area contributed by atoms with Gasteiger partial charge in [-0.3, -0.25) is 0 Å². The molecular formula is C13H13BrClNS. The monoisotopic (exact) mass is 329 g/mol. The number of thiophene rings is 1. The van der Waals surface area contributed by atoms with Crippen LogP contribution in [0, 0.1) is 6.92 Å². The largest absolute Gasteiger partial charge is 0.377 e. The molecule has 2 aromatic rings. The van der Waals surface area contributed by atoms with E-state index in [9.17, 15) is 0 Å². The van der Waals surface area contributed by atoms with Crippen LogP contribution >= 0.6 is 38.9 Å². The molecule has 1 aromatic heterocycles. The minimum absolute atomic E-state index is 0.271. The molecule has 0 fully saturated rings. The van der Waals surface area contributed by atoms with Gasteiger partial charge in [0.2, 0.25) is 0 Å². The molecule has 0 spiro atoms. The van der Waals surface area contributed by atoms with E-state index < -0.39 is 0 Å². The second kappa shape index (κ2) is 5.42. The SMILES string of the molecule is Cc1ccc(C(C)Nc2ccc(Br)cc2Cl)s1. The van der Waals surface area contributed by atoms with Crippen LogP contribution in [0.5, 0.6) is 0 Å². The molecule has 90 valence electrons. The van der Waals surface area contributed by atoms with Gasteiger partial charge in [-0.1, -0.05) is 27.5 Å². The Labute approximate surface area is 119 Å². The lowest BCUT2D eigenvalue weighted by atomic mass is 10.2. The van der Waals surface area contributed by atoms with Crippen LogP contribution in [0.4, 0.5) is 5.69 Å². The summed E-state index contributed by atoms with van der Waals surface area (Å²) in [5, 5.41) is 4.16. The standard InChI is InChI=1S/C13H13BrClNS/c1-8-3-6-13(17-8)9(2)16-12-5-4-10(14)7-11(12)15/h3-7,9,16H,1-2H3. The summed E-state index contributed by atoms with van der Waals surface area (Å²) in [6, 6.07) is 10.4. The highest BCUT2D eigenvalue weighted by Gasteiger charge is 2.09. The molecule has 4 heteroatoms. The topological polar surface area (TPSA) is 12.0 Å². The first-order chi connectivity index (χ1) is 8.06. The van der Waals surface area contributed by atoms with Gasteiger partial charge in [0.25, 0.3) is 0 Å². The highest BCUT2D eigenvalue weighted by atomic mass is 79.9. The van der Waals surface area contributed by atoms with Gasteiger partial charge in [-0.15, -0.1) is 11.3 Å². The van der Waals surface area contributed by atoms with Crippen molar-refractivity contribution < 1.29 is 0 Å². The fraction of sp³-hybridized carbons (Fsp3) is 0.231. The molecule has 0 radical (unpaired) electrons. The third kappa shape index (κ3) is 3.24. The molecule has 17 heavy (non-hydrogen) atoms. The van der Waals surface area contributed by atoms with Gasteiger partial charge in [-0.05, 0) is 44.2 Å². The fourth-order valence-corrected chi connectivity index (χ4v) is 3.20. The second-order valence-electron chi connectivity index (χ2n) is 3.94. The van der Waals surface area contributed by atoms with Crippen LogP contribution in [0.25, 0.3) is 0 Å². The molecule has 0 amide bonds. The lowest BCUT2D eigenvalue weighted by Gasteiger charge is -2.15. The van der Waals surface area contributed by atoms with E-state index in [1.165, 1.54) is 9.75 Å². The van der Waals surface area contributed by atoms with E-state index >= 15 is 0 Å². The molecule has 1 unspecified atom stereocenters. The van der Waals surface area contributed by atoms with Crippen molar-refractivity contribution in [2.75, 3.05) is 5.32 Å². The molecule has 2 rings (SSSR count). The molecule has 0 saturated heterocycles. The Morgan fingerprint density at radius 3 is 2.65 bits per heavy atom. The molecule has 0 aliphatic heterocycles. The van der Waals surface area contributed by atoms with Crippen LogP contribution in [0.1, 0.15) is 22.7 Å². The molecule has 1 aromatic carbocycles. The zero-order chi connectivity index (χ0) is 12.4. The normalized spacial score (nSPS) is 12.5. The summed E-state index contributed by atoms with van der Waals surface area (Å²) < 4.78 is 0.993. The van der Waals surface area contributed by atoms with Crippen molar-refractivity contribution in [1.82, 2.24) is 0 Å². The van der Waals surface area contributed by atoms with E-state index in [1.54, 1.807) is 0 Å². The van der Waals surface area contributed by atoms with E-state index in [-0.39, 0.29) is 6.04 Å². The number of benzene rings is 1. The summed E-state index contributed by atoms with van der Waals surface area (Å²) in [4.78, 5) is 2.65. The maximum absolute atomic E-state index is 6.18. The van der Waals surface area contributed by atoms with E-state index in [4.69, 9.17) is 11.6 Å². The van der Waals surface area contributed by atoms with Crippen molar-refractivity contribution >= 4 is 44.6 Å². The number of anilines is 1. The third-order valence-corrected chi connectivity index (χ3v) is 4.48. The van der Waals surface area contributed by atoms with Gasteiger partial charge < -0.3 is 5.32 Å². The smallest absolute Gasteiger partial charge is 0.0648 e. The Kier molecular flexibility index (Phi) is 4.13. The van der Waals surface area contributed by atoms with Crippen molar-refractivity contribution in [3.05, 3.63) is 49.6 Å². The molecule has 1 heterocycles. The summed E-state index contributed by atoms with van der Waals surface area (Å²) in [6.45, 7) is 4.26. The maximum atomic E-state index is 6.18. The average molecular weight is 331 g/mol. The van der Waals surface area contributed by atoms with Gasteiger partial charge in [0.15, 0.2) is 0 Å². The van der Waals surface area contributed by atoms with Crippen LogP contribution in [-0.4, -0.2) is 0 Å². The average Bonchev–Trinajstić information content (AvgIpc) is 2.69. The van der Waals surface area contributed by atoms with Crippen molar-refractivity contribution in [3.8, 4) is 0 Å². The van der Waals surface area contributed by atoms with E-state index in [2.05, 4.69) is 47.2 Å². The Morgan fingerprint density at radius 2 is 2.06 bits per heavy atom. The second-order valence-corrected chi connectivity index (χ2v) is 6.58. The molecule has 1 atom stereocenters. The Bertz CT molecular complexity index is 524. The molecule has 1 N–H and O–H groups in total. The van der Waals surface area contributed by atoms with Gasteiger partial charge >= 0.3 is 0 Å². The molecule has 0 aliphatic rings. The summed E-state index contributed by atoms with van der Waals surface area (Å²) in [5.74, 6) is 0. The van der Waals surface area contributed by atoms with Crippen molar-refractivity contribution in [2.24, 2.45) is 0 Å². The molecular weight excluding hydrogens is 318 g/mol. The number of nitrogens with one attached hydrogen (secondary N) is 1. The number of halogens is 2. The quantitative estimate of drug-likeness (QED) is 0.767. The summed E-state index contributed by atoms with van der Waals surface area (Å²) in [7, 11) is 0. The molecule has 1 nitrogen and oxygen atoms in total. The van der Waals surface area contributed by atoms with Crippen LogP contribution in [0.3, 0.4) is 0 Å². The zero-order valence-corrected chi connectivity index (χ0v) is 12.8. The van der Waals surface area contributed by atoms with Gasteiger partial charge in [0.05, 0.1) is 16.8 Å². The molecule has 0 aliphatic carbocycles. The minimum Gasteiger partial charge on any atom is -0.377 e. The maximum Gasteiger partial charge on any atom is 0.0648 e. The zero-order valence-electron chi connectivity index (χ0n) is 9.63.